The zero-order chi connectivity index (χ0) is 14.2. The van der Waals surface area contributed by atoms with Gasteiger partial charge >= 0.3 is 0 Å². The number of rotatable bonds is 2. The number of halogens is 1. The number of likely N-dealkylation sites (N-methyl/N-ethyl adjacent to an activating group) is 1. The summed E-state index contributed by atoms with van der Waals surface area (Å²) < 4.78 is 5.10. The van der Waals surface area contributed by atoms with Gasteiger partial charge in [-0.05, 0) is 35.9 Å². The Morgan fingerprint density at radius 1 is 1.10 bits per heavy atom. The highest BCUT2D eigenvalue weighted by Crippen LogP contribution is 2.44. The standard InChI is InChI=1S/C17H18BrNO/c1-19-11-13-5-3-4-6-16(13)17(18,12-19)14-7-9-15(20-2)10-8-14/h3-10H,11-12H2,1-2H3. The lowest BCUT2D eigenvalue weighted by Crippen LogP contribution is -2.40. The van der Waals surface area contributed by atoms with Crippen LogP contribution in [-0.2, 0) is 10.9 Å². The number of nitrogens with zero attached hydrogens (tertiary/aromatic N) is 1. The van der Waals surface area contributed by atoms with Crippen LogP contribution in [0.15, 0.2) is 48.5 Å². The van der Waals surface area contributed by atoms with Gasteiger partial charge in [0, 0.05) is 13.1 Å². The van der Waals surface area contributed by atoms with Gasteiger partial charge in [-0.2, -0.15) is 0 Å². The van der Waals surface area contributed by atoms with Crippen LogP contribution in [0.4, 0.5) is 0 Å². The van der Waals surface area contributed by atoms with E-state index in [-0.39, 0.29) is 4.32 Å². The Balaban J connectivity index is 2.10. The van der Waals surface area contributed by atoms with Crippen LogP contribution in [0.2, 0.25) is 0 Å². The predicted molar refractivity (Wildman–Crippen MR) is 85.5 cm³/mol. The molecule has 1 aliphatic heterocycles. The van der Waals surface area contributed by atoms with Crippen LogP contribution in [-0.4, -0.2) is 25.6 Å². The minimum absolute atomic E-state index is 0.150. The maximum atomic E-state index is 5.25. The average molecular weight is 332 g/mol. The molecule has 0 saturated carbocycles. The molecule has 0 aliphatic carbocycles. The maximum Gasteiger partial charge on any atom is 0.118 e. The van der Waals surface area contributed by atoms with Crippen molar-refractivity contribution in [1.82, 2.24) is 4.90 Å². The monoisotopic (exact) mass is 331 g/mol. The Labute approximate surface area is 128 Å². The fraction of sp³-hybridized carbons (Fsp3) is 0.294. The Morgan fingerprint density at radius 2 is 1.80 bits per heavy atom. The average Bonchev–Trinajstić information content (AvgIpc) is 2.47. The molecule has 1 aliphatic rings. The zero-order valence-corrected chi connectivity index (χ0v) is 13.4. The summed E-state index contributed by atoms with van der Waals surface area (Å²) in [5.41, 5.74) is 4.01. The number of fused-ring (bicyclic) bond motifs is 1. The summed E-state index contributed by atoms with van der Waals surface area (Å²) in [6, 6.07) is 17.0. The molecule has 0 saturated heterocycles. The molecule has 2 aromatic rings. The lowest BCUT2D eigenvalue weighted by atomic mass is 9.84. The first kappa shape index (κ1) is 13.7. The molecule has 0 bridgehead atoms. The Morgan fingerprint density at radius 3 is 2.50 bits per heavy atom. The topological polar surface area (TPSA) is 12.5 Å². The number of hydrogen-bond donors (Lipinski definition) is 0. The first-order valence-corrected chi connectivity index (χ1v) is 7.53. The van der Waals surface area contributed by atoms with Gasteiger partial charge in [-0.25, -0.2) is 0 Å². The largest absolute Gasteiger partial charge is 0.497 e. The van der Waals surface area contributed by atoms with Gasteiger partial charge in [0.1, 0.15) is 5.75 Å². The SMILES string of the molecule is COc1ccc(C2(Br)CN(C)Cc3ccccc32)cc1. The first-order valence-electron chi connectivity index (χ1n) is 6.74. The van der Waals surface area contributed by atoms with Crippen molar-refractivity contribution in [2.75, 3.05) is 20.7 Å². The summed E-state index contributed by atoms with van der Waals surface area (Å²) in [4.78, 5) is 2.35. The third-order valence-electron chi connectivity index (χ3n) is 3.92. The van der Waals surface area contributed by atoms with E-state index in [9.17, 15) is 0 Å². The van der Waals surface area contributed by atoms with Gasteiger partial charge in [0.25, 0.3) is 0 Å². The Hall–Kier alpha value is -1.32. The van der Waals surface area contributed by atoms with Crippen LogP contribution in [0.25, 0.3) is 0 Å². The van der Waals surface area contributed by atoms with Gasteiger partial charge in [-0.15, -0.1) is 0 Å². The lowest BCUT2D eigenvalue weighted by molar-refractivity contribution is 0.285. The van der Waals surface area contributed by atoms with Crippen molar-refractivity contribution >= 4 is 15.9 Å². The molecule has 0 radical (unpaired) electrons. The van der Waals surface area contributed by atoms with Crippen molar-refractivity contribution in [2.45, 2.75) is 10.9 Å². The molecule has 1 atom stereocenters. The van der Waals surface area contributed by atoms with Crippen LogP contribution in [0, 0.1) is 0 Å². The van der Waals surface area contributed by atoms with Crippen molar-refractivity contribution in [3.05, 3.63) is 65.2 Å². The van der Waals surface area contributed by atoms with Crippen LogP contribution in [0.1, 0.15) is 16.7 Å². The van der Waals surface area contributed by atoms with Gasteiger partial charge in [0.15, 0.2) is 0 Å². The van der Waals surface area contributed by atoms with E-state index in [1.54, 1.807) is 7.11 Å². The summed E-state index contributed by atoms with van der Waals surface area (Å²) in [5, 5.41) is 0. The molecule has 1 unspecified atom stereocenters. The fourth-order valence-corrected chi connectivity index (χ4v) is 4.03. The molecule has 3 heteroatoms. The highest BCUT2D eigenvalue weighted by molar-refractivity contribution is 9.09. The fourth-order valence-electron chi connectivity index (χ4n) is 2.95. The van der Waals surface area contributed by atoms with E-state index in [2.05, 4.69) is 64.3 Å². The smallest absolute Gasteiger partial charge is 0.118 e. The molecule has 104 valence electrons. The van der Waals surface area contributed by atoms with Gasteiger partial charge in [0.2, 0.25) is 0 Å². The van der Waals surface area contributed by atoms with Gasteiger partial charge in [-0.1, -0.05) is 52.3 Å². The summed E-state index contributed by atoms with van der Waals surface area (Å²) >= 11 is 4.01. The van der Waals surface area contributed by atoms with Crippen molar-refractivity contribution in [1.29, 1.82) is 0 Å². The van der Waals surface area contributed by atoms with Crippen molar-refractivity contribution in [3.63, 3.8) is 0 Å². The van der Waals surface area contributed by atoms with E-state index in [1.807, 2.05) is 12.1 Å². The number of benzene rings is 2. The zero-order valence-electron chi connectivity index (χ0n) is 11.8. The Bertz CT molecular complexity index is 611. The lowest BCUT2D eigenvalue weighted by Gasteiger charge is -2.39. The quantitative estimate of drug-likeness (QED) is 0.776. The minimum Gasteiger partial charge on any atom is -0.497 e. The van der Waals surface area contributed by atoms with Gasteiger partial charge in [0.05, 0.1) is 11.4 Å². The van der Waals surface area contributed by atoms with E-state index in [0.717, 1.165) is 18.8 Å². The van der Waals surface area contributed by atoms with Crippen molar-refractivity contribution < 1.29 is 4.74 Å². The molecular formula is C17H18BrNO. The summed E-state index contributed by atoms with van der Waals surface area (Å²) in [7, 11) is 3.86. The van der Waals surface area contributed by atoms with E-state index < -0.39 is 0 Å². The van der Waals surface area contributed by atoms with Crippen LogP contribution in [0.5, 0.6) is 5.75 Å². The van der Waals surface area contributed by atoms with E-state index in [4.69, 9.17) is 4.74 Å². The molecule has 0 fully saturated rings. The summed E-state index contributed by atoms with van der Waals surface area (Å²) in [6.07, 6.45) is 0. The number of alkyl halides is 1. The highest BCUT2D eigenvalue weighted by Gasteiger charge is 2.37. The third-order valence-corrected chi connectivity index (χ3v) is 5.06. The number of methoxy groups -OCH3 is 1. The summed E-state index contributed by atoms with van der Waals surface area (Å²) in [5.74, 6) is 0.891. The normalized spacial score (nSPS) is 22.4. The second-order valence-corrected chi connectivity index (χ2v) is 6.71. The molecule has 0 amide bonds. The van der Waals surface area contributed by atoms with Crippen molar-refractivity contribution in [3.8, 4) is 5.75 Å². The molecular weight excluding hydrogens is 314 g/mol. The van der Waals surface area contributed by atoms with E-state index in [1.165, 1.54) is 16.7 Å². The second-order valence-electron chi connectivity index (χ2n) is 5.36. The van der Waals surface area contributed by atoms with Gasteiger partial charge in [-0.3, -0.25) is 0 Å². The highest BCUT2D eigenvalue weighted by atomic mass is 79.9. The second kappa shape index (κ2) is 5.23. The van der Waals surface area contributed by atoms with Crippen LogP contribution < -0.4 is 4.74 Å². The maximum absolute atomic E-state index is 5.25. The van der Waals surface area contributed by atoms with E-state index in [0.29, 0.717) is 0 Å². The predicted octanol–water partition coefficient (Wildman–Crippen LogP) is 3.78. The molecule has 2 nitrogen and oxygen atoms in total. The molecule has 0 aromatic heterocycles. The van der Waals surface area contributed by atoms with E-state index >= 15 is 0 Å². The van der Waals surface area contributed by atoms with Crippen LogP contribution >= 0.6 is 15.9 Å². The minimum atomic E-state index is -0.150. The molecule has 2 aromatic carbocycles. The van der Waals surface area contributed by atoms with Crippen molar-refractivity contribution in [2.24, 2.45) is 0 Å². The molecule has 20 heavy (non-hydrogen) atoms. The summed E-state index contributed by atoms with van der Waals surface area (Å²) in [6.45, 7) is 1.95. The molecule has 1 heterocycles. The van der Waals surface area contributed by atoms with Gasteiger partial charge < -0.3 is 9.64 Å². The third kappa shape index (κ3) is 2.25. The molecule has 0 N–H and O–H groups in total. The number of ether oxygens (including phenoxy) is 1. The first-order chi connectivity index (χ1) is 9.63. The Kier molecular flexibility index (Phi) is 3.57. The number of hydrogen-bond acceptors (Lipinski definition) is 2. The van der Waals surface area contributed by atoms with Crippen LogP contribution in [0.3, 0.4) is 0 Å². The molecule has 0 spiro atoms. The molecule has 3 rings (SSSR count).